The number of hydrogen-bond donors (Lipinski definition) is 0. The fourth-order valence-corrected chi connectivity index (χ4v) is 3.23. The topological polar surface area (TPSA) is 172 Å². The summed E-state index contributed by atoms with van der Waals surface area (Å²) in [6.45, 7) is 0. The van der Waals surface area contributed by atoms with Gasteiger partial charge in [-0.05, 0) is 36.4 Å². The Morgan fingerprint density at radius 1 is 0.364 bits per heavy atom. The van der Waals surface area contributed by atoms with E-state index in [0.717, 1.165) is 0 Å². The van der Waals surface area contributed by atoms with E-state index in [9.17, 15) is 38.9 Å². The molecule has 0 unspecified atom stereocenters. The molecular formula is C18H15Na3O9S3. The third-order valence-corrected chi connectivity index (χ3v) is 5.64. The largest absolute Gasteiger partial charge is 1.00 e. The van der Waals surface area contributed by atoms with Gasteiger partial charge in [0.2, 0.25) is 0 Å². The predicted molar refractivity (Wildman–Crippen MR) is 103 cm³/mol. The third-order valence-electron chi connectivity index (χ3n) is 3.10. The molecule has 33 heavy (non-hydrogen) atoms. The standard InChI is InChI=1S/3C6H6O3S.3Na/c3*7-10(8,9)6-4-2-1-3-5-6;;;/h3*1-5H,(H,7,8,9);;;/q;;;3*+1/p-3. The molecule has 0 aliphatic rings. The summed E-state index contributed by atoms with van der Waals surface area (Å²) in [6, 6.07) is 21.6. The van der Waals surface area contributed by atoms with Crippen LogP contribution in [-0.2, 0) is 30.4 Å². The van der Waals surface area contributed by atoms with E-state index in [1.807, 2.05) is 0 Å². The Kier molecular flexibility index (Phi) is 20.4. The average molecular weight is 540 g/mol. The van der Waals surface area contributed by atoms with Gasteiger partial charge < -0.3 is 13.7 Å². The maximum absolute atomic E-state index is 10.3. The summed E-state index contributed by atoms with van der Waals surface area (Å²) < 4.78 is 92.5. The summed E-state index contributed by atoms with van der Waals surface area (Å²) in [5, 5.41) is 0. The first kappa shape index (κ1) is 37.9. The molecule has 0 saturated heterocycles. The molecule has 3 aromatic rings. The van der Waals surface area contributed by atoms with E-state index in [1.165, 1.54) is 72.8 Å². The molecular weight excluding hydrogens is 525 g/mol. The molecule has 0 aliphatic heterocycles. The van der Waals surface area contributed by atoms with E-state index >= 15 is 0 Å². The van der Waals surface area contributed by atoms with E-state index in [1.54, 1.807) is 18.2 Å². The van der Waals surface area contributed by atoms with Crippen LogP contribution in [0.25, 0.3) is 0 Å². The normalized spacial score (nSPS) is 10.3. The summed E-state index contributed by atoms with van der Waals surface area (Å²) in [6.07, 6.45) is 0. The van der Waals surface area contributed by atoms with Gasteiger partial charge in [0.15, 0.2) is 0 Å². The zero-order valence-corrected chi connectivity index (χ0v) is 26.5. The SMILES string of the molecule is O=S(=O)([O-])c1ccccc1.O=S(=O)([O-])c1ccccc1.O=S(=O)([O-])c1ccccc1.[Na+].[Na+].[Na+]. The molecule has 0 atom stereocenters. The Hall–Kier alpha value is 0.390. The van der Waals surface area contributed by atoms with Gasteiger partial charge in [-0.25, -0.2) is 25.3 Å². The Bertz CT molecular complexity index is 1080. The minimum absolute atomic E-state index is 0. The van der Waals surface area contributed by atoms with Gasteiger partial charge in [-0.15, -0.1) is 0 Å². The van der Waals surface area contributed by atoms with Gasteiger partial charge in [0.25, 0.3) is 0 Å². The molecule has 0 aromatic heterocycles. The van der Waals surface area contributed by atoms with Gasteiger partial charge in [0.05, 0.1) is 14.7 Å². The van der Waals surface area contributed by atoms with Crippen LogP contribution in [0.4, 0.5) is 0 Å². The fraction of sp³-hybridized carbons (Fsp3) is 0. The van der Waals surface area contributed by atoms with Gasteiger partial charge in [-0.2, -0.15) is 0 Å². The first-order valence-corrected chi connectivity index (χ1v) is 12.1. The molecule has 3 aromatic carbocycles. The van der Waals surface area contributed by atoms with Crippen LogP contribution in [0, 0.1) is 0 Å². The van der Waals surface area contributed by atoms with E-state index < -0.39 is 30.4 Å². The monoisotopic (exact) mass is 540 g/mol. The molecule has 0 bridgehead atoms. The van der Waals surface area contributed by atoms with Crippen LogP contribution in [0.1, 0.15) is 0 Å². The molecule has 15 heteroatoms. The van der Waals surface area contributed by atoms with Crippen LogP contribution >= 0.6 is 0 Å². The number of benzene rings is 3. The molecule has 3 rings (SSSR count). The van der Waals surface area contributed by atoms with Crippen molar-refractivity contribution in [2.75, 3.05) is 0 Å². The number of hydrogen-bond acceptors (Lipinski definition) is 9. The Morgan fingerprint density at radius 2 is 0.515 bits per heavy atom. The zero-order chi connectivity index (χ0) is 22.8. The van der Waals surface area contributed by atoms with E-state index in [2.05, 4.69) is 0 Å². The van der Waals surface area contributed by atoms with E-state index in [4.69, 9.17) is 0 Å². The second-order valence-electron chi connectivity index (χ2n) is 5.30. The summed E-state index contributed by atoms with van der Waals surface area (Å²) in [5.41, 5.74) is 0. The summed E-state index contributed by atoms with van der Waals surface area (Å²) in [7, 11) is -12.8. The second-order valence-corrected chi connectivity index (χ2v) is 9.44. The van der Waals surface area contributed by atoms with Crippen LogP contribution in [0.15, 0.2) is 106 Å². The quantitative estimate of drug-likeness (QED) is 0.231. The molecule has 0 heterocycles. The fourth-order valence-electron chi connectivity index (χ4n) is 1.76. The third kappa shape index (κ3) is 16.6. The second kappa shape index (κ2) is 17.8. The van der Waals surface area contributed by atoms with Gasteiger partial charge in [-0.1, -0.05) is 54.6 Å². The Morgan fingerprint density at radius 3 is 0.606 bits per heavy atom. The molecule has 0 fully saturated rings. The van der Waals surface area contributed by atoms with E-state index in [-0.39, 0.29) is 103 Å². The van der Waals surface area contributed by atoms with Crippen LogP contribution in [0.3, 0.4) is 0 Å². The van der Waals surface area contributed by atoms with Crippen molar-refractivity contribution < 1.29 is 128 Å². The van der Waals surface area contributed by atoms with Crippen molar-refractivity contribution in [1.29, 1.82) is 0 Å². The van der Waals surface area contributed by atoms with Crippen LogP contribution in [0.5, 0.6) is 0 Å². The molecule has 0 radical (unpaired) electrons. The predicted octanol–water partition coefficient (Wildman–Crippen LogP) is -7.22. The van der Waals surface area contributed by atoms with Crippen molar-refractivity contribution in [3.8, 4) is 0 Å². The van der Waals surface area contributed by atoms with Crippen LogP contribution in [-0.4, -0.2) is 38.9 Å². The van der Waals surface area contributed by atoms with Crippen molar-refractivity contribution in [3.05, 3.63) is 91.0 Å². The van der Waals surface area contributed by atoms with Crippen molar-refractivity contribution in [2.45, 2.75) is 14.7 Å². The number of rotatable bonds is 3. The maximum Gasteiger partial charge on any atom is 1.00 e. The smallest absolute Gasteiger partial charge is 0.744 e. The summed E-state index contributed by atoms with van der Waals surface area (Å²) >= 11 is 0. The van der Waals surface area contributed by atoms with Crippen LogP contribution < -0.4 is 88.7 Å². The minimum atomic E-state index is -4.25. The van der Waals surface area contributed by atoms with Crippen molar-refractivity contribution in [3.63, 3.8) is 0 Å². The Labute approximate surface area is 260 Å². The van der Waals surface area contributed by atoms with Crippen LogP contribution in [0.2, 0.25) is 0 Å². The van der Waals surface area contributed by atoms with E-state index in [0.29, 0.717) is 0 Å². The van der Waals surface area contributed by atoms with Crippen molar-refractivity contribution in [1.82, 2.24) is 0 Å². The maximum atomic E-state index is 10.3. The molecule has 0 saturated carbocycles. The minimum Gasteiger partial charge on any atom is -0.744 e. The van der Waals surface area contributed by atoms with Gasteiger partial charge >= 0.3 is 88.7 Å². The summed E-state index contributed by atoms with van der Waals surface area (Å²) in [5.74, 6) is 0. The van der Waals surface area contributed by atoms with Crippen molar-refractivity contribution in [2.24, 2.45) is 0 Å². The first-order chi connectivity index (χ1) is 13.8. The molecule has 9 nitrogen and oxygen atoms in total. The molecule has 0 spiro atoms. The molecule has 0 N–H and O–H groups in total. The van der Waals surface area contributed by atoms with Crippen molar-refractivity contribution >= 4 is 30.4 Å². The molecule has 0 amide bonds. The first-order valence-electron chi connectivity index (χ1n) is 7.84. The zero-order valence-electron chi connectivity index (χ0n) is 18.1. The van der Waals surface area contributed by atoms with Gasteiger partial charge in [0.1, 0.15) is 30.4 Å². The van der Waals surface area contributed by atoms with Gasteiger partial charge in [-0.3, -0.25) is 0 Å². The molecule has 162 valence electrons. The Balaban J connectivity index is -0.000000391. The summed E-state index contributed by atoms with van der Waals surface area (Å²) in [4.78, 5) is -0.556. The molecule has 0 aliphatic carbocycles. The van der Waals surface area contributed by atoms with Gasteiger partial charge in [0, 0.05) is 0 Å². The average Bonchev–Trinajstić information content (AvgIpc) is 2.69.